The first-order chi connectivity index (χ1) is 7.48. The van der Waals surface area contributed by atoms with Gasteiger partial charge < -0.3 is 9.47 Å². The van der Waals surface area contributed by atoms with Crippen LogP contribution in [0.4, 0.5) is 5.69 Å². The molecule has 0 saturated carbocycles. The van der Waals surface area contributed by atoms with Crippen LogP contribution >= 0.6 is 0 Å². The van der Waals surface area contributed by atoms with Crippen LogP contribution in [-0.4, -0.2) is 31.9 Å². The summed E-state index contributed by atoms with van der Waals surface area (Å²) in [5.74, 6) is 0.267. The van der Waals surface area contributed by atoms with E-state index < -0.39 is 8.24 Å². The quantitative estimate of drug-likeness (QED) is 0.732. The molecule has 0 aliphatic carbocycles. The van der Waals surface area contributed by atoms with Gasteiger partial charge >= 0.3 is 0 Å². The molecule has 86 valence electrons. The molecule has 16 heavy (non-hydrogen) atoms. The van der Waals surface area contributed by atoms with Crippen LogP contribution in [0.15, 0.2) is 30.3 Å². The summed E-state index contributed by atoms with van der Waals surface area (Å²) in [6, 6.07) is 10.1. The summed E-state index contributed by atoms with van der Waals surface area (Å²) in [4.78, 5) is 14.1. The number of rotatable bonds is 2. The maximum atomic E-state index is 11.9. The maximum absolute atomic E-state index is 11.9. The van der Waals surface area contributed by atoms with Gasteiger partial charge in [-0.2, -0.15) is 0 Å². The minimum Gasteiger partial charge on any atom is -0.352 e. The molecule has 1 aromatic carbocycles. The number of hydrogen-bond donors (Lipinski definition) is 0. The number of nitrogens with zero attached hydrogens (tertiary/aromatic N) is 2. The topological polar surface area (TPSA) is 23.6 Å². The van der Waals surface area contributed by atoms with E-state index in [9.17, 15) is 4.79 Å². The third-order valence-electron chi connectivity index (χ3n) is 2.87. The molecule has 0 spiro atoms. The summed E-state index contributed by atoms with van der Waals surface area (Å²) in [7, 11) is -1.52. The van der Waals surface area contributed by atoms with Crippen LogP contribution in [0.25, 0.3) is 0 Å². The number of anilines is 1. The first-order valence-corrected chi connectivity index (χ1v) is 9.04. The number of para-hydroxylation sites is 1. The molecule has 1 saturated heterocycles. The molecular formula is C12H18N2OSi. The number of hydrogen-bond acceptors (Lipinski definition) is 2. The monoisotopic (exact) mass is 234 g/mol. The third-order valence-corrected chi connectivity index (χ3v) is 4.88. The molecule has 3 nitrogen and oxygen atoms in total. The van der Waals surface area contributed by atoms with Gasteiger partial charge in [-0.25, -0.2) is 0 Å². The lowest BCUT2D eigenvalue weighted by atomic mass is 10.3. The van der Waals surface area contributed by atoms with E-state index in [1.54, 1.807) is 0 Å². The Kier molecular flexibility index (Phi) is 2.76. The molecular weight excluding hydrogens is 216 g/mol. The average Bonchev–Trinajstić information content (AvgIpc) is 2.61. The summed E-state index contributed by atoms with van der Waals surface area (Å²) >= 11 is 0. The van der Waals surface area contributed by atoms with E-state index in [0.29, 0.717) is 6.54 Å². The minimum atomic E-state index is -1.52. The molecule has 0 bridgehead atoms. The number of carbonyl (C=O) groups excluding carboxylic acids is 1. The van der Waals surface area contributed by atoms with Gasteiger partial charge in [0.25, 0.3) is 0 Å². The molecule has 1 aromatic rings. The summed E-state index contributed by atoms with van der Waals surface area (Å²) in [5.41, 5.74) is 1.14. The summed E-state index contributed by atoms with van der Waals surface area (Å²) in [6.07, 6.45) is 0. The predicted octanol–water partition coefficient (Wildman–Crippen LogP) is 2.13. The summed E-state index contributed by atoms with van der Waals surface area (Å²) in [5, 5.41) is 0. The maximum Gasteiger partial charge on any atom is 0.235 e. The van der Waals surface area contributed by atoms with Gasteiger partial charge in [-0.05, 0) is 12.1 Å². The summed E-state index contributed by atoms with van der Waals surface area (Å²) < 4.78 is 2.06. The molecule has 1 aliphatic heterocycles. The van der Waals surface area contributed by atoms with Gasteiger partial charge in [0.15, 0.2) is 8.24 Å². The summed E-state index contributed by atoms with van der Waals surface area (Å²) in [6.45, 7) is 7.89. The van der Waals surface area contributed by atoms with Crippen LogP contribution in [0.5, 0.6) is 0 Å². The first kappa shape index (κ1) is 11.2. The van der Waals surface area contributed by atoms with Crippen molar-refractivity contribution >= 4 is 19.8 Å². The van der Waals surface area contributed by atoms with Crippen molar-refractivity contribution in [3.8, 4) is 0 Å². The zero-order valence-corrected chi connectivity index (χ0v) is 11.1. The van der Waals surface area contributed by atoms with Gasteiger partial charge in [-0.1, -0.05) is 37.8 Å². The van der Waals surface area contributed by atoms with Crippen LogP contribution in [0.3, 0.4) is 0 Å². The average molecular weight is 234 g/mol. The second-order valence-electron chi connectivity index (χ2n) is 5.17. The Hall–Kier alpha value is -1.29. The van der Waals surface area contributed by atoms with E-state index in [0.717, 1.165) is 12.4 Å². The van der Waals surface area contributed by atoms with Crippen LogP contribution in [0, 0.1) is 0 Å². The van der Waals surface area contributed by atoms with E-state index in [1.165, 1.54) is 0 Å². The van der Waals surface area contributed by atoms with Gasteiger partial charge in [0.05, 0.1) is 13.2 Å². The Bertz CT molecular complexity index is 386. The van der Waals surface area contributed by atoms with Crippen LogP contribution in [0.1, 0.15) is 0 Å². The Labute approximate surface area is 97.8 Å². The molecule has 0 unspecified atom stereocenters. The number of benzene rings is 1. The van der Waals surface area contributed by atoms with Crippen LogP contribution in [0.2, 0.25) is 19.6 Å². The normalized spacial score (nSPS) is 17.1. The van der Waals surface area contributed by atoms with E-state index >= 15 is 0 Å². The molecule has 0 atom stereocenters. The van der Waals surface area contributed by atoms with Crippen molar-refractivity contribution in [3.05, 3.63) is 30.3 Å². The lowest BCUT2D eigenvalue weighted by Gasteiger charge is -2.30. The van der Waals surface area contributed by atoms with E-state index in [2.05, 4.69) is 41.2 Å². The predicted molar refractivity (Wildman–Crippen MR) is 68.8 cm³/mol. The van der Waals surface area contributed by atoms with Gasteiger partial charge in [0.2, 0.25) is 5.91 Å². The van der Waals surface area contributed by atoms with Crippen LogP contribution < -0.4 is 4.90 Å². The van der Waals surface area contributed by atoms with E-state index in [1.807, 2.05) is 18.2 Å². The van der Waals surface area contributed by atoms with Crippen molar-refractivity contribution in [3.63, 3.8) is 0 Å². The Morgan fingerprint density at radius 1 is 1.12 bits per heavy atom. The fraction of sp³-hybridized carbons (Fsp3) is 0.417. The zero-order valence-electron chi connectivity index (χ0n) is 10.1. The molecule has 0 radical (unpaired) electrons. The minimum absolute atomic E-state index is 0.267. The number of carbonyl (C=O) groups is 1. The van der Waals surface area contributed by atoms with E-state index in [-0.39, 0.29) is 5.91 Å². The lowest BCUT2D eigenvalue weighted by Crippen LogP contribution is -2.47. The Balaban J connectivity index is 2.16. The molecule has 0 aromatic heterocycles. The first-order valence-electron chi connectivity index (χ1n) is 5.59. The van der Waals surface area contributed by atoms with Crippen molar-refractivity contribution in [1.82, 2.24) is 4.57 Å². The van der Waals surface area contributed by atoms with Gasteiger partial charge in [-0.15, -0.1) is 0 Å². The lowest BCUT2D eigenvalue weighted by molar-refractivity contribution is -0.123. The van der Waals surface area contributed by atoms with Gasteiger partial charge in [0, 0.05) is 5.69 Å². The molecule has 1 heterocycles. The molecule has 0 N–H and O–H groups in total. The van der Waals surface area contributed by atoms with Crippen molar-refractivity contribution < 1.29 is 4.79 Å². The SMILES string of the molecule is C[Si](C)(C)N1CN(c2ccccc2)CC1=O. The van der Waals surface area contributed by atoms with E-state index in [4.69, 9.17) is 0 Å². The second kappa shape index (κ2) is 3.94. The van der Waals surface area contributed by atoms with Crippen LogP contribution in [-0.2, 0) is 4.79 Å². The Morgan fingerprint density at radius 2 is 1.75 bits per heavy atom. The highest BCUT2D eigenvalue weighted by molar-refractivity contribution is 6.75. The van der Waals surface area contributed by atoms with Gasteiger partial charge in [-0.3, -0.25) is 4.79 Å². The van der Waals surface area contributed by atoms with Crippen molar-refractivity contribution in [2.75, 3.05) is 18.1 Å². The fourth-order valence-electron chi connectivity index (χ4n) is 1.95. The van der Waals surface area contributed by atoms with Crippen molar-refractivity contribution in [2.24, 2.45) is 0 Å². The molecule has 2 rings (SSSR count). The third kappa shape index (κ3) is 2.11. The fourth-order valence-corrected chi connectivity index (χ4v) is 3.36. The number of amides is 1. The van der Waals surface area contributed by atoms with Crippen molar-refractivity contribution in [2.45, 2.75) is 19.6 Å². The molecule has 1 amide bonds. The van der Waals surface area contributed by atoms with Crippen molar-refractivity contribution in [1.29, 1.82) is 0 Å². The highest BCUT2D eigenvalue weighted by Crippen LogP contribution is 2.22. The Morgan fingerprint density at radius 3 is 2.25 bits per heavy atom. The second-order valence-corrected chi connectivity index (χ2v) is 10.0. The molecule has 1 aliphatic rings. The molecule has 4 heteroatoms. The largest absolute Gasteiger partial charge is 0.352 e. The highest BCUT2D eigenvalue weighted by Gasteiger charge is 2.35. The molecule has 1 fully saturated rings. The zero-order chi connectivity index (χ0) is 11.8. The van der Waals surface area contributed by atoms with Gasteiger partial charge in [0.1, 0.15) is 0 Å². The smallest absolute Gasteiger partial charge is 0.235 e. The highest BCUT2D eigenvalue weighted by atomic mass is 28.3. The standard InChI is InChI=1S/C12H18N2OSi/c1-16(2,3)14-10-13(9-12(14)15)11-7-5-4-6-8-11/h4-8H,9-10H2,1-3H3.